The lowest BCUT2D eigenvalue weighted by molar-refractivity contribution is -0.155. The van der Waals surface area contributed by atoms with Gasteiger partial charge < -0.3 is 34.1 Å². The molecule has 0 radical (unpaired) electrons. The monoisotopic (exact) mass is 952 g/mol. The van der Waals surface area contributed by atoms with E-state index in [9.17, 15) is 24.0 Å². The van der Waals surface area contributed by atoms with E-state index >= 15 is 0 Å². The summed E-state index contributed by atoms with van der Waals surface area (Å²) in [6.07, 6.45) is 6.53. The highest BCUT2D eigenvalue weighted by Crippen LogP contribution is 2.42. The van der Waals surface area contributed by atoms with Gasteiger partial charge in [0.15, 0.2) is 0 Å². The predicted molar refractivity (Wildman–Crippen MR) is 263 cm³/mol. The van der Waals surface area contributed by atoms with Gasteiger partial charge in [0.25, 0.3) is 5.91 Å². The van der Waals surface area contributed by atoms with Crippen LogP contribution in [0.3, 0.4) is 0 Å². The van der Waals surface area contributed by atoms with Crippen LogP contribution in [-0.2, 0) is 48.0 Å². The number of benzene rings is 1. The van der Waals surface area contributed by atoms with Gasteiger partial charge in [0, 0.05) is 98.9 Å². The minimum Gasteiger partial charge on any atom is -0.464 e. The summed E-state index contributed by atoms with van der Waals surface area (Å²) in [6.45, 7) is 16.8. The summed E-state index contributed by atoms with van der Waals surface area (Å²) in [5.41, 5.74) is 9.27. The van der Waals surface area contributed by atoms with E-state index in [1.165, 1.54) is 27.3 Å². The van der Waals surface area contributed by atoms with Crippen LogP contribution in [0.2, 0.25) is 0 Å². The van der Waals surface area contributed by atoms with E-state index in [-0.39, 0.29) is 49.1 Å². The highest BCUT2D eigenvalue weighted by molar-refractivity contribution is 7.10. The van der Waals surface area contributed by atoms with Crippen LogP contribution in [0.25, 0.3) is 33.4 Å². The van der Waals surface area contributed by atoms with Gasteiger partial charge in [0.05, 0.1) is 34.8 Å². The lowest BCUT2D eigenvalue weighted by Crippen LogP contribution is -2.62. The Bertz CT molecular complexity index is 2530. The second-order valence-corrected chi connectivity index (χ2v) is 20.7. The van der Waals surface area contributed by atoms with Crippen molar-refractivity contribution in [2.75, 3.05) is 41.4 Å². The molecule has 68 heavy (non-hydrogen) atoms. The maximum absolute atomic E-state index is 14.7. The number of thiazole rings is 1. The Morgan fingerprint density at radius 3 is 2.51 bits per heavy atom. The van der Waals surface area contributed by atoms with Gasteiger partial charge in [0.2, 0.25) is 11.8 Å². The van der Waals surface area contributed by atoms with Crippen LogP contribution in [0.5, 0.6) is 0 Å². The smallest absolute Gasteiger partial charge is 0.324 e. The van der Waals surface area contributed by atoms with Crippen molar-refractivity contribution in [3.63, 3.8) is 0 Å². The molecule has 2 fully saturated rings. The number of methoxy groups -OCH3 is 1. The van der Waals surface area contributed by atoms with Crippen molar-refractivity contribution in [1.82, 2.24) is 45.0 Å². The van der Waals surface area contributed by atoms with E-state index in [2.05, 4.69) is 66.9 Å². The molecule has 1 saturated carbocycles. The average molecular weight is 952 g/mol. The van der Waals surface area contributed by atoms with Crippen molar-refractivity contribution in [3.8, 4) is 22.5 Å². The minimum atomic E-state index is -1.09. The zero-order chi connectivity index (χ0) is 49.2. The Kier molecular flexibility index (Phi) is 15.5. The van der Waals surface area contributed by atoms with Crippen LogP contribution < -0.4 is 10.7 Å². The van der Waals surface area contributed by atoms with Crippen LogP contribution in [0, 0.1) is 11.3 Å². The Labute approximate surface area is 404 Å². The number of cyclic esters (lactones) is 1. The van der Waals surface area contributed by atoms with E-state index in [4.69, 9.17) is 19.4 Å². The lowest BCUT2D eigenvalue weighted by Gasteiger charge is -2.37. The summed E-state index contributed by atoms with van der Waals surface area (Å²) in [4.78, 5) is 84.3. The molecule has 1 aromatic carbocycles. The maximum Gasteiger partial charge on any atom is 0.324 e. The normalized spacial score (nSPS) is 21.7. The fourth-order valence-electron chi connectivity index (χ4n) is 10.2. The molecule has 16 nitrogen and oxygen atoms in total. The fourth-order valence-corrected chi connectivity index (χ4v) is 11.1. The van der Waals surface area contributed by atoms with Crippen LogP contribution >= 0.6 is 11.3 Å². The second-order valence-electron chi connectivity index (χ2n) is 19.7. The number of hydrogen-bond acceptors (Lipinski definition) is 11. The van der Waals surface area contributed by atoms with Crippen LogP contribution in [0.4, 0.5) is 4.79 Å². The molecular formula is C51H69N9O7S. The molecular weight excluding hydrogens is 883 g/mol. The zero-order valence-corrected chi connectivity index (χ0v) is 42.2. The van der Waals surface area contributed by atoms with Gasteiger partial charge in [-0.1, -0.05) is 40.3 Å². The van der Waals surface area contributed by atoms with Crippen molar-refractivity contribution < 1.29 is 33.4 Å². The number of nitrogens with zero attached hydrogens (tertiary/aromatic N) is 7. The molecule has 7 rings (SSSR count). The Morgan fingerprint density at radius 2 is 1.82 bits per heavy atom. The topological polar surface area (TPSA) is 172 Å². The second kappa shape index (κ2) is 20.9. The van der Waals surface area contributed by atoms with E-state index < -0.39 is 41.3 Å². The number of carbonyl (C=O) groups excluding carboxylic acids is 5. The summed E-state index contributed by atoms with van der Waals surface area (Å²) in [6, 6.07) is 7.11. The van der Waals surface area contributed by atoms with E-state index in [1.807, 2.05) is 32.2 Å². The zero-order valence-electron chi connectivity index (χ0n) is 41.3. The van der Waals surface area contributed by atoms with Gasteiger partial charge >= 0.3 is 12.0 Å². The quantitative estimate of drug-likeness (QED) is 0.121. The van der Waals surface area contributed by atoms with Crippen molar-refractivity contribution in [1.29, 1.82) is 0 Å². The number of aryl methyl sites for hydroxylation is 1. The molecule has 5 heterocycles. The number of urea groups is 1. The number of hydrazine groups is 1. The van der Waals surface area contributed by atoms with Crippen molar-refractivity contribution >= 4 is 52.0 Å². The van der Waals surface area contributed by atoms with Gasteiger partial charge in [0.1, 0.15) is 18.1 Å². The van der Waals surface area contributed by atoms with Gasteiger partial charge in [-0.25, -0.2) is 15.2 Å². The molecule has 0 spiro atoms. The number of likely N-dealkylation sites (N-methyl/N-ethyl adjacent to an activating group) is 2. The lowest BCUT2D eigenvalue weighted by atomic mass is 9.84. The first-order valence-electron chi connectivity index (χ1n) is 23.9. The highest BCUT2D eigenvalue weighted by Gasteiger charge is 2.40. The fraction of sp³-hybridized carbons (Fsp3) is 0.549. The summed E-state index contributed by atoms with van der Waals surface area (Å²) >= 11 is 1.41. The number of rotatable bonds is 11. The SMILES string of the molecule is C=CC(=O)N(C)[C@@H]1CCC(N(C)C(=O)N(C)[C@H](C(=O)N[C@H]2Cc3nc(cs3)-c3ccc4c(c3)c(c(-c3cccnc3[C@H](C)OC)n4CC)CC(C)(C)COC(=O)[C@@H]3CCCN(N3)C2=O)C(C)C)C1. The summed E-state index contributed by atoms with van der Waals surface area (Å²) in [5.74, 6) is -1.85. The average Bonchev–Trinajstić information content (AvgIpc) is 4.09. The van der Waals surface area contributed by atoms with Gasteiger partial charge in [-0.2, -0.15) is 0 Å². The molecule has 366 valence electrons. The van der Waals surface area contributed by atoms with Gasteiger partial charge in [-0.15, -0.1) is 11.3 Å². The molecule has 3 aliphatic rings. The van der Waals surface area contributed by atoms with Crippen LogP contribution in [0.1, 0.15) is 96.0 Å². The number of pyridine rings is 1. The molecule has 2 N–H and O–H groups in total. The third-order valence-corrected chi connectivity index (χ3v) is 14.9. The first kappa shape index (κ1) is 50.2. The summed E-state index contributed by atoms with van der Waals surface area (Å²) < 4.78 is 14.3. The number of amides is 5. The molecule has 6 bridgehead atoms. The highest BCUT2D eigenvalue weighted by atomic mass is 32.1. The van der Waals surface area contributed by atoms with Crippen molar-refractivity contribution in [2.45, 2.75) is 129 Å². The summed E-state index contributed by atoms with van der Waals surface area (Å²) in [5, 5.41) is 8.13. The Morgan fingerprint density at radius 1 is 1.09 bits per heavy atom. The number of fused-ring (bicyclic) bond motifs is 6. The Balaban J connectivity index is 1.23. The van der Waals surface area contributed by atoms with Crippen molar-refractivity contribution in [3.05, 3.63) is 70.8 Å². The van der Waals surface area contributed by atoms with Gasteiger partial charge in [-0.05, 0) is 94.2 Å². The first-order valence-corrected chi connectivity index (χ1v) is 24.8. The van der Waals surface area contributed by atoms with Gasteiger partial charge in [-0.3, -0.25) is 29.2 Å². The number of ether oxygens (including phenoxy) is 2. The number of carbonyl (C=O) groups is 5. The molecule has 4 aromatic rings. The largest absolute Gasteiger partial charge is 0.464 e. The molecule has 1 unspecified atom stereocenters. The molecule has 3 aromatic heterocycles. The molecule has 17 heteroatoms. The van der Waals surface area contributed by atoms with E-state index in [0.29, 0.717) is 50.2 Å². The number of nitrogens with one attached hydrogen (secondary N) is 2. The molecule has 2 aliphatic heterocycles. The Hall–Kier alpha value is -5.65. The number of aromatic nitrogens is 3. The first-order chi connectivity index (χ1) is 32.4. The van der Waals surface area contributed by atoms with E-state index in [1.54, 1.807) is 44.2 Å². The van der Waals surface area contributed by atoms with Crippen LogP contribution in [0.15, 0.2) is 54.6 Å². The predicted octanol–water partition coefficient (Wildman–Crippen LogP) is 6.78. The number of hydrogen-bond donors (Lipinski definition) is 2. The standard InChI is InChI=1S/C51H69N9O7S/c1-12-43(61)56(8)33-19-20-34(25-33)57(9)50(65)58(10)45(30(3)4)47(62)54-39-26-42-53-40(28-68-42)32-18-21-41-36(24-32)37(46(59(41)13-2)35-16-14-22-52-44(35)31(5)66-11)27-51(6,7)29-67-49(64)38-17-15-23-60(55-38)48(39)63/h12,14,16,18,21-22,24,28,30-31,33-34,38-39,45,55H,1,13,15,17,19-20,23,25-27,29H2,2-11H3,(H,54,62)/t31-,33+,34?,38-,39-,45-/m0/s1. The third kappa shape index (κ3) is 10.3. The minimum absolute atomic E-state index is 0.0330. The molecule has 1 saturated heterocycles. The summed E-state index contributed by atoms with van der Waals surface area (Å²) in [7, 11) is 6.77. The molecule has 1 aliphatic carbocycles. The maximum atomic E-state index is 14.7. The third-order valence-electron chi connectivity index (χ3n) is 14.1. The van der Waals surface area contributed by atoms with E-state index in [0.717, 1.165) is 51.1 Å². The number of esters is 1. The van der Waals surface area contributed by atoms with Crippen molar-refractivity contribution in [2.24, 2.45) is 11.3 Å². The molecule has 6 atom stereocenters. The van der Waals surface area contributed by atoms with Crippen LogP contribution in [-0.4, -0.2) is 136 Å². The molecule has 5 amide bonds.